The minimum absolute atomic E-state index is 0.424. The summed E-state index contributed by atoms with van der Waals surface area (Å²) in [5, 5.41) is 16.3. The van der Waals surface area contributed by atoms with Gasteiger partial charge in [0.15, 0.2) is 5.76 Å². The molecule has 4 rings (SSSR count). The highest BCUT2D eigenvalue weighted by Crippen LogP contribution is 2.23. The van der Waals surface area contributed by atoms with E-state index in [9.17, 15) is 0 Å². The largest absolute Gasteiger partial charge is 0.461 e. The molecule has 0 aliphatic heterocycles. The van der Waals surface area contributed by atoms with Crippen molar-refractivity contribution in [3.8, 4) is 17.3 Å². The lowest BCUT2D eigenvalue weighted by molar-refractivity contribution is 0.390. The number of tetrazole rings is 1. The van der Waals surface area contributed by atoms with Gasteiger partial charge in [-0.3, -0.25) is 0 Å². The van der Waals surface area contributed by atoms with Gasteiger partial charge in [-0.2, -0.15) is 9.67 Å². The van der Waals surface area contributed by atoms with Crippen LogP contribution in [0.15, 0.2) is 62.8 Å². The molecule has 3 aromatic heterocycles. The second kappa shape index (κ2) is 6.05. The topological polar surface area (TPSA) is 95.7 Å². The second-order valence-corrected chi connectivity index (χ2v) is 5.43. The van der Waals surface area contributed by atoms with E-state index in [2.05, 4.69) is 25.7 Å². The van der Waals surface area contributed by atoms with Gasteiger partial charge < -0.3 is 8.94 Å². The number of hydrogen-bond acceptors (Lipinski definition) is 8. The zero-order valence-corrected chi connectivity index (χ0v) is 12.6. The smallest absolute Gasteiger partial charge is 0.238 e. The van der Waals surface area contributed by atoms with Gasteiger partial charge >= 0.3 is 0 Å². The monoisotopic (exact) mass is 326 g/mol. The molecular formula is C14H10N6O2S. The fourth-order valence-electron chi connectivity index (χ4n) is 1.95. The molecule has 0 radical (unpaired) electrons. The van der Waals surface area contributed by atoms with Crippen LogP contribution in [0.25, 0.3) is 17.3 Å². The molecule has 0 spiro atoms. The summed E-state index contributed by atoms with van der Waals surface area (Å²) in [6.45, 7) is 0. The lowest BCUT2D eigenvalue weighted by atomic mass is 10.3. The third-order valence-corrected chi connectivity index (χ3v) is 3.88. The van der Waals surface area contributed by atoms with E-state index in [1.54, 1.807) is 23.1 Å². The Morgan fingerprint density at radius 1 is 1.09 bits per heavy atom. The molecule has 0 aliphatic rings. The van der Waals surface area contributed by atoms with E-state index >= 15 is 0 Å². The molecule has 0 unspecified atom stereocenters. The quantitative estimate of drug-likeness (QED) is 0.516. The van der Waals surface area contributed by atoms with Crippen LogP contribution in [0.3, 0.4) is 0 Å². The summed E-state index contributed by atoms with van der Waals surface area (Å²) in [5.74, 6) is 1.93. The molecule has 4 aromatic rings. The maximum Gasteiger partial charge on any atom is 0.238 e. The summed E-state index contributed by atoms with van der Waals surface area (Å²) in [4.78, 5) is 4.28. The molecule has 0 aliphatic carbocycles. The third-order valence-electron chi connectivity index (χ3n) is 2.98. The second-order valence-electron chi connectivity index (χ2n) is 4.49. The Kier molecular flexibility index (Phi) is 3.60. The predicted molar refractivity (Wildman–Crippen MR) is 80.7 cm³/mol. The molecule has 0 atom stereocenters. The number of hydrogen-bond donors (Lipinski definition) is 0. The van der Waals surface area contributed by atoms with Crippen LogP contribution in [0, 0.1) is 0 Å². The Bertz CT molecular complexity index is 887. The standard InChI is InChI=1S/C14H10N6O2S/c1-2-5-10(6-3-1)20-14(16-18-19-20)23-9-12-15-13(17-22-12)11-7-4-8-21-11/h1-8H,9H2. The van der Waals surface area contributed by atoms with Crippen LogP contribution in [-0.4, -0.2) is 30.3 Å². The van der Waals surface area contributed by atoms with Crippen molar-refractivity contribution >= 4 is 11.8 Å². The average Bonchev–Trinajstić information content (AvgIpc) is 3.33. The van der Waals surface area contributed by atoms with Gasteiger partial charge in [0.2, 0.25) is 16.9 Å². The Morgan fingerprint density at radius 2 is 2.00 bits per heavy atom. The zero-order chi connectivity index (χ0) is 15.5. The van der Waals surface area contributed by atoms with E-state index in [1.165, 1.54) is 11.8 Å². The van der Waals surface area contributed by atoms with Gasteiger partial charge in [0.05, 0.1) is 17.7 Å². The van der Waals surface area contributed by atoms with Crippen molar-refractivity contribution in [1.82, 2.24) is 30.3 Å². The maximum atomic E-state index is 5.23. The Balaban J connectivity index is 1.49. The first-order chi connectivity index (χ1) is 11.4. The first kappa shape index (κ1) is 13.7. The summed E-state index contributed by atoms with van der Waals surface area (Å²) in [6.07, 6.45) is 1.56. The van der Waals surface area contributed by atoms with Crippen LogP contribution >= 0.6 is 11.8 Å². The van der Waals surface area contributed by atoms with Gasteiger partial charge in [0.1, 0.15) is 0 Å². The SMILES string of the molecule is c1ccc(-n2nnnc2SCc2nc(-c3ccco3)no2)cc1. The van der Waals surface area contributed by atoms with Gasteiger partial charge in [-0.25, -0.2) is 0 Å². The van der Waals surface area contributed by atoms with Crippen molar-refractivity contribution in [2.75, 3.05) is 0 Å². The summed E-state index contributed by atoms with van der Waals surface area (Å²) >= 11 is 1.41. The summed E-state index contributed by atoms with van der Waals surface area (Å²) < 4.78 is 12.1. The molecule has 0 bridgehead atoms. The summed E-state index contributed by atoms with van der Waals surface area (Å²) in [6, 6.07) is 13.2. The van der Waals surface area contributed by atoms with Gasteiger partial charge in [-0.1, -0.05) is 35.1 Å². The van der Waals surface area contributed by atoms with Crippen molar-refractivity contribution in [1.29, 1.82) is 0 Å². The third kappa shape index (κ3) is 2.86. The lowest BCUT2D eigenvalue weighted by Crippen LogP contribution is -1.98. The molecule has 9 heteroatoms. The summed E-state index contributed by atoms with van der Waals surface area (Å²) in [5.41, 5.74) is 0.891. The summed E-state index contributed by atoms with van der Waals surface area (Å²) in [7, 11) is 0. The van der Waals surface area contributed by atoms with E-state index in [0.717, 1.165) is 5.69 Å². The molecular weight excluding hydrogens is 316 g/mol. The minimum atomic E-state index is 0.424. The number of nitrogens with zero attached hydrogens (tertiary/aromatic N) is 6. The van der Waals surface area contributed by atoms with Crippen molar-refractivity contribution in [3.05, 3.63) is 54.6 Å². The van der Waals surface area contributed by atoms with Gasteiger partial charge in [0, 0.05) is 0 Å². The minimum Gasteiger partial charge on any atom is -0.461 e. The van der Waals surface area contributed by atoms with Gasteiger partial charge in [0.25, 0.3) is 0 Å². The molecule has 114 valence electrons. The molecule has 0 fully saturated rings. The fourth-order valence-corrected chi connectivity index (χ4v) is 2.67. The molecule has 0 saturated heterocycles. The van der Waals surface area contributed by atoms with E-state index in [4.69, 9.17) is 8.94 Å². The van der Waals surface area contributed by atoms with Crippen molar-refractivity contribution in [3.63, 3.8) is 0 Å². The first-order valence-corrected chi connectivity index (χ1v) is 7.72. The number of furan rings is 1. The molecule has 23 heavy (non-hydrogen) atoms. The Hall–Kier alpha value is -2.94. The van der Waals surface area contributed by atoms with Crippen molar-refractivity contribution in [2.24, 2.45) is 0 Å². The Morgan fingerprint density at radius 3 is 2.83 bits per heavy atom. The number of thioether (sulfide) groups is 1. The van der Waals surface area contributed by atoms with Crippen LogP contribution in [0.2, 0.25) is 0 Å². The molecule has 0 saturated carbocycles. The number of benzene rings is 1. The first-order valence-electron chi connectivity index (χ1n) is 6.73. The molecule has 1 aromatic carbocycles. The van der Waals surface area contributed by atoms with E-state index in [1.807, 2.05) is 30.3 Å². The zero-order valence-electron chi connectivity index (χ0n) is 11.7. The van der Waals surface area contributed by atoms with E-state index in [-0.39, 0.29) is 0 Å². The predicted octanol–water partition coefficient (Wildman–Crippen LogP) is 2.60. The number of para-hydroxylation sites is 1. The molecule has 3 heterocycles. The highest BCUT2D eigenvalue weighted by atomic mass is 32.2. The normalized spacial score (nSPS) is 11.0. The van der Waals surface area contributed by atoms with Crippen LogP contribution in [0.4, 0.5) is 0 Å². The molecule has 0 N–H and O–H groups in total. The van der Waals surface area contributed by atoms with Gasteiger partial charge in [-0.15, -0.1) is 5.10 Å². The van der Waals surface area contributed by atoms with Crippen molar-refractivity contribution < 1.29 is 8.94 Å². The van der Waals surface area contributed by atoms with Crippen LogP contribution in [0.5, 0.6) is 0 Å². The van der Waals surface area contributed by atoms with Crippen molar-refractivity contribution in [2.45, 2.75) is 10.9 Å². The van der Waals surface area contributed by atoms with Crippen LogP contribution < -0.4 is 0 Å². The fraction of sp³-hybridized carbons (Fsp3) is 0.0714. The van der Waals surface area contributed by atoms with Crippen LogP contribution in [0.1, 0.15) is 5.89 Å². The average molecular weight is 326 g/mol. The van der Waals surface area contributed by atoms with Crippen LogP contribution in [-0.2, 0) is 5.75 Å². The highest BCUT2D eigenvalue weighted by molar-refractivity contribution is 7.98. The number of aromatic nitrogens is 6. The number of rotatable bonds is 5. The van der Waals surface area contributed by atoms with E-state index in [0.29, 0.717) is 28.4 Å². The lowest BCUT2D eigenvalue weighted by Gasteiger charge is -2.01. The highest BCUT2D eigenvalue weighted by Gasteiger charge is 2.14. The molecule has 0 amide bonds. The maximum absolute atomic E-state index is 5.23. The molecule has 8 nitrogen and oxygen atoms in total. The van der Waals surface area contributed by atoms with E-state index < -0.39 is 0 Å². The Labute approximate surface area is 134 Å². The van der Waals surface area contributed by atoms with Gasteiger partial charge in [-0.05, 0) is 34.7 Å².